The third kappa shape index (κ3) is 3.08. The summed E-state index contributed by atoms with van der Waals surface area (Å²) in [5, 5.41) is 4.81. The molecule has 6 heteroatoms. The third-order valence-electron chi connectivity index (χ3n) is 2.84. The molecular formula is C13H19N3O2S. The fraction of sp³-hybridized carbons (Fsp3) is 0.538. The number of fused-ring (bicyclic) bond motifs is 1. The predicted octanol–water partition coefficient (Wildman–Crippen LogP) is 2.64. The summed E-state index contributed by atoms with van der Waals surface area (Å²) in [5.41, 5.74) is 2.33. The first kappa shape index (κ1) is 14.3. The Morgan fingerprint density at radius 3 is 2.74 bits per heavy atom. The number of hydrogen-bond acceptors (Lipinski definition) is 5. The Morgan fingerprint density at radius 2 is 2.11 bits per heavy atom. The molecule has 1 N–H and O–H groups in total. The summed E-state index contributed by atoms with van der Waals surface area (Å²) < 4.78 is 20.0. The van der Waals surface area contributed by atoms with E-state index in [9.17, 15) is 4.55 Å². The Balaban J connectivity index is 2.19. The lowest BCUT2D eigenvalue weighted by atomic mass is 10.2. The molecule has 0 aromatic carbocycles. The molecule has 0 aliphatic carbocycles. The van der Waals surface area contributed by atoms with Gasteiger partial charge in [0.25, 0.3) is 0 Å². The van der Waals surface area contributed by atoms with Gasteiger partial charge in [-0.2, -0.15) is 0 Å². The van der Waals surface area contributed by atoms with Crippen LogP contribution in [0, 0.1) is 6.92 Å². The molecular weight excluding hydrogens is 262 g/mol. The second kappa shape index (κ2) is 5.11. The number of aryl methyl sites for hydroxylation is 1. The third-order valence-corrected chi connectivity index (χ3v) is 4.52. The molecule has 0 amide bonds. The molecule has 0 bridgehead atoms. The van der Waals surface area contributed by atoms with Gasteiger partial charge in [-0.25, -0.2) is 0 Å². The minimum Gasteiger partial charge on any atom is -0.598 e. The second-order valence-electron chi connectivity index (χ2n) is 5.59. The van der Waals surface area contributed by atoms with Gasteiger partial charge >= 0.3 is 0 Å². The molecule has 19 heavy (non-hydrogen) atoms. The molecule has 2 aromatic heterocycles. The van der Waals surface area contributed by atoms with Gasteiger partial charge in [0.05, 0.1) is 22.8 Å². The average Bonchev–Trinajstić information content (AvgIpc) is 2.69. The molecule has 0 radical (unpaired) electrons. The van der Waals surface area contributed by atoms with Crippen LogP contribution in [0.25, 0.3) is 11.0 Å². The second-order valence-corrected chi connectivity index (χ2v) is 7.59. The van der Waals surface area contributed by atoms with Gasteiger partial charge < -0.3 is 9.08 Å². The van der Waals surface area contributed by atoms with Gasteiger partial charge in [-0.05, 0) is 34.6 Å². The number of nitrogens with zero attached hydrogens (tertiary/aromatic N) is 2. The van der Waals surface area contributed by atoms with E-state index in [1.54, 1.807) is 6.20 Å². The minimum absolute atomic E-state index is 0.116. The largest absolute Gasteiger partial charge is 0.598 e. The highest BCUT2D eigenvalue weighted by molar-refractivity contribution is 7.90. The van der Waals surface area contributed by atoms with Gasteiger partial charge in [0, 0.05) is 23.6 Å². The van der Waals surface area contributed by atoms with Crippen LogP contribution in [0.15, 0.2) is 16.8 Å². The van der Waals surface area contributed by atoms with E-state index in [0.29, 0.717) is 5.58 Å². The highest BCUT2D eigenvalue weighted by Gasteiger charge is 2.28. The summed E-state index contributed by atoms with van der Waals surface area (Å²) >= 11 is -1.13. The number of aromatic nitrogens is 2. The van der Waals surface area contributed by atoms with Gasteiger partial charge in [-0.15, -0.1) is 4.72 Å². The van der Waals surface area contributed by atoms with E-state index in [4.69, 9.17) is 4.52 Å². The Hall–Kier alpha value is -1.11. The van der Waals surface area contributed by atoms with E-state index in [0.717, 1.165) is 16.8 Å². The van der Waals surface area contributed by atoms with Crippen molar-refractivity contribution in [3.63, 3.8) is 0 Å². The van der Waals surface area contributed by atoms with Crippen LogP contribution < -0.4 is 4.72 Å². The smallest absolute Gasteiger partial charge is 0.170 e. The highest BCUT2D eigenvalue weighted by atomic mass is 32.2. The topological polar surface area (TPSA) is 74.0 Å². The van der Waals surface area contributed by atoms with E-state index in [2.05, 4.69) is 14.9 Å². The van der Waals surface area contributed by atoms with E-state index in [-0.39, 0.29) is 10.8 Å². The zero-order valence-electron chi connectivity index (χ0n) is 11.9. The molecule has 0 saturated heterocycles. The number of rotatable bonds is 3. The van der Waals surface area contributed by atoms with Crippen LogP contribution in [0.2, 0.25) is 0 Å². The lowest BCUT2D eigenvalue weighted by Crippen LogP contribution is -2.40. The molecule has 2 unspecified atom stereocenters. The van der Waals surface area contributed by atoms with Gasteiger partial charge in [0.2, 0.25) is 0 Å². The van der Waals surface area contributed by atoms with Crippen molar-refractivity contribution < 1.29 is 9.08 Å². The van der Waals surface area contributed by atoms with Crippen molar-refractivity contribution in [3.8, 4) is 0 Å². The van der Waals surface area contributed by atoms with Crippen LogP contribution in [0.5, 0.6) is 0 Å². The normalized spacial score (nSPS) is 15.7. The minimum atomic E-state index is -1.13. The monoisotopic (exact) mass is 281 g/mol. The first-order valence-corrected chi connectivity index (χ1v) is 7.34. The van der Waals surface area contributed by atoms with Crippen LogP contribution in [0.4, 0.5) is 0 Å². The van der Waals surface area contributed by atoms with Crippen molar-refractivity contribution >= 4 is 22.3 Å². The molecule has 0 aliphatic heterocycles. The highest BCUT2D eigenvalue weighted by Crippen LogP contribution is 2.22. The number of nitrogens with one attached hydrogen (secondary N) is 1. The molecule has 0 spiro atoms. The lowest BCUT2D eigenvalue weighted by Gasteiger charge is -2.26. The van der Waals surface area contributed by atoms with Crippen molar-refractivity contribution in [2.75, 3.05) is 0 Å². The summed E-state index contributed by atoms with van der Waals surface area (Å²) in [6.07, 6.45) is 1.74. The van der Waals surface area contributed by atoms with Crippen molar-refractivity contribution in [2.24, 2.45) is 0 Å². The van der Waals surface area contributed by atoms with Crippen LogP contribution in [0.1, 0.15) is 45.1 Å². The van der Waals surface area contributed by atoms with E-state index >= 15 is 0 Å². The number of hydrogen-bond donors (Lipinski definition) is 1. The standard InChI is InChI=1S/C13H19N3O2S/c1-8-10-7-14-11(6-12(10)18-15-8)9(2)16-19(17)13(3,4)5/h6-7,9,16H,1-5H3. The van der Waals surface area contributed by atoms with Gasteiger partial charge in [-0.3, -0.25) is 4.98 Å². The Bertz CT molecular complexity index is 577. The van der Waals surface area contributed by atoms with E-state index in [1.807, 2.05) is 40.7 Å². The fourth-order valence-electron chi connectivity index (χ4n) is 1.60. The zero-order chi connectivity index (χ0) is 14.2. The quantitative estimate of drug-likeness (QED) is 0.875. The average molecular weight is 281 g/mol. The molecule has 0 saturated carbocycles. The molecule has 2 atom stereocenters. The molecule has 2 aromatic rings. The summed E-state index contributed by atoms with van der Waals surface area (Å²) in [7, 11) is 0. The molecule has 0 fully saturated rings. The maximum atomic E-state index is 12.1. The van der Waals surface area contributed by atoms with Crippen LogP contribution in [-0.2, 0) is 11.4 Å². The van der Waals surface area contributed by atoms with Gasteiger partial charge in [0.1, 0.15) is 4.75 Å². The van der Waals surface area contributed by atoms with Crippen LogP contribution >= 0.6 is 0 Å². The molecule has 104 valence electrons. The van der Waals surface area contributed by atoms with Gasteiger partial charge in [0.15, 0.2) is 5.58 Å². The molecule has 2 heterocycles. The Labute approximate surface area is 116 Å². The van der Waals surface area contributed by atoms with Crippen molar-refractivity contribution in [3.05, 3.63) is 23.7 Å². The maximum absolute atomic E-state index is 12.1. The number of pyridine rings is 1. The molecule has 0 aliphatic rings. The van der Waals surface area contributed by atoms with E-state index < -0.39 is 11.4 Å². The summed E-state index contributed by atoms with van der Waals surface area (Å²) in [4.78, 5) is 4.38. The summed E-state index contributed by atoms with van der Waals surface area (Å²) in [6, 6.07) is 1.72. The van der Waals surface area contributed by atoms with E-state index in [1.165, 1.54) is 0 Å². The molecule has 5 nitrogen and oxygen atoms in total. The first-order valence-electron chi connectivity index (χ1n) is 6.19. The van der Waals surface area contributed by atoms with Crippen molar-refractivity contribution in [1.82, 2.24) is 14.9 Å². The molecule has 2 rings (SSSR count). The predicted molar refractivity (Wildman–Crippen MR) is 76.0 cm³/mol. The van der Waals surface area contributed by atoms with Gasteiger partial charge in [-0.1, -0.05) is 5.16 Å². The maximum Gasteiger partial charge on any atom is 0.170 e. The first-order chi connectivity index (χ1) is 8.79. The van der Waals surface area contributed by atoms with Crippen molar-refractivity contribution in [2.45, 2.75) is 45.4 Å². The summed E-state index contributed by atoms with van der Waals surface area (Å²) in [5.74, 6) is 0. The Morgan fingerprint density at radius 1 is 1.42 bits per heavy atom. The Kier molecular flexibility index (Phi) is 3.85. The lowest BCUT2D eigenvalue weighted by molar-refractivity contribution is 0.449. The van der Waals surface area contributed by atoms with Crippen LogP contribution in [0.3, 0.4) is 0 Å². The van der Waals surface area contributed by atoms with Crippen LogP contribution in [-0.4, -0.2) is 19.4 Å². The summed E-state index contributed by atoms with van der Waals surface area (Å²) in [6.45, 7) is 9.60. The SMILES string of the molecule is Cc1noc2cc(C(C)N[S+]([O-])C(C)(C)C)ncc12. The zero-order valence-corrected chi connectivity index (χ0v) is 12.7. The fourth-order valence-corrected chi connectivity index (χ4v) is 2.40. The van der Waals surface area contributed by atoms with Crippen molar-refractivity contribution in [1.29, 1.82) is 0 Å².